The van der Waals surface area contributed by atoms with Crippen molar-refractivity contribution in [2.75, 3.05) is 0 Å². The van der Waals surface area contributed by atoms with Crippen LogP contribution in [0, 0.1) is 0 Å². The maximum atomic E-state index is 10.4. The molecule has 1 heterocycles. The van der Waals surface area contributed by atoms with Gasteiger partial charge in [-0.3, -0.25) is 9.48 Å². The number of unbranched alkanes of at least 4 members (excludes halogenated alkanes) is 4. The lowest BCUT2D eigenvalue weighted by atomic mass is 10.1. The average molecular weight is 253 g/mol. The molecule has 0 aliphatic rings. The van der Waals surface area contributed by atoms with Crippen LogP contribution in [-0.4, -0.2) is 26.1 Å². The van der Waals surface area contributed by atoms with E-state index in [0.29, 0.717) is 6.42 Å². The van der Waals surface area contributed by atoms with Gasteiger partial charge < -0.3 is 5.11 Å². The monoisotopic (exact) mass is 253 g/mol. The van der Waals surface area contributed by atoms with Crippen LogP contribution in [-0.2, 0) is 17.8 Å². The minimum Gasteiger partial charge on any atom is -0.481 e. The highest BCUT2D eigenvalue weighted by Crippen LogP contribution is 2.05. The van der Waals surface area contributed by atoms with E-state index in [4.69, 9.17) is 5.11 Å². The molecule has 5 nitrogen and oxygen atoms in total. The molecule has 5 heteroatoms. The number of hydrogen-bond acceptors (Lipinski definition) is 3. The molecule has 0 fully saturated rings. The second kappa shape index (κ2) is 8.66. The van der Waals surface area contributed by atoms with Crippen molar-refractivity contribution in [1.29, 1.82) is 0 Å². The zero-order valence-electron chi connectivity index (χ0n) is 11.1. The number of rotatable bonds is 10. The Bertz CT molecular complexity index is 350. The summed E-state index contributed by atoms with van der Waals surface area (Å²) in [6, 6.07) is 0. The smallest absolute Gasteiger partial charge is 0.303 e. The molecule has 0 aliphatic heterocycles. The van der Waals surface area contributed by atoms with Crippen LogP contribution in [0.3, 0.4) is 0 Å². The Morgan fingerprint density at radius 2 is 2.11 bits per heavy atom. The van der Waals surface area contributed by atoms with Crippen molar-refractivity contribution in [1.82, 2.24) is 15.0 Å². The molecule has 0 unspecified atom stereocenters. The van der Waals surface area contributed by atoms with E-state index in [1.54, 1.807) is 0 Å². The molecule has 1 N–H and O–H groups in total. The van der Waals surface area contributed by atoms with E-state index in [9.17, 15) is 4.79 Å². The fourth-order valence-electron chi connectivity index (χ4n) is 1.85. The summed E-state index contributed by atoms with van der Waals surface area (Å²) >= 11 is 0. The molecule has 0 radical (unpaired) electrons. The number of carboxylic acid groups (broad SMARTS) is 1. The standard InChI is InChI=1S/C13H23N3O2/c1-2-3-4-7-10-16-11-12(14-15-16)8-5-6-9-13(17)18/h11H,2-10H2,1H3,(H,17,18). The molecule has 102 valence electrons. The second-order valence-electron chi connectivity index (χ2n) is 4.63. The van der Waals surface area contributed by atoms with Crippen molar-refractivity contribution in [2.24, 2.45) is 0 Å². The Kier molecular flexibility index (Phi) is 7.06. The molecule has 0 amide bonds. The van der Waals surface area contributed by atoms with Crippen molar-refractivity contribution >= 4 is 5.97 Å². The summed E-state index contributed by atoms with van der Waals surface area (Å²) in [6.45, 7) is 3.13. The zero-order valence-corrected chi connectivity index (χ0v) is 11.1. The van der Waals surface area contributed by atoms with E-state index in [-0.39, 0.29) is 6.42 Å². The molecular weight excluding hydrogens is 230 g/mol. The number of aryl methyl sites for hydroxylation is 2. The van der Waals surface area contributed by atoms with Gasteiger partial charge in [0, 0.05) is 19.2 Å². The first-order chi connectivity index (χ1) is 8.72. The second-order valence-corrected chi connectivity index (χ2v) is 4.63. The maximum absolute atomic E-state index is 10.4. The van der Waals surface area contributed by atoms with Crippen LogP contribution in [0.15, 0.2) is 6.20 Å². The molecule has 18 heavy (non-hydrogen) atoms. The lowest BCUT2D eigenvalue weighted by Crippen LogP contribution is -1.98. The molecule has 0 bridgehead atoms. The maximum Gasteiger partial charge on any atom is 0.303 e. The largest absolute Gasteiger partial charge is 0.481 e. The minimum absolute atomic E-state index is 0.241. The predicted octanol–water partition coefficient (Wildman–Crippen LogP) is 2.66. The number of nitrogens with zero attached hydrogens (tertiary/aromatic N) is 3. The van der Waals surface area contributed by atoms with Gasteiger partial charge in [0.2, 0.25) is 0 Å². The Labute approximate surface area is 108 Å². The first-order valence-corrected chi connectivity index (χ1v) is 6.83. The van der Waals surface area contributed by atoms with E-state index in [1.807, 2.05) is 10.9 Å². The number of carbonyl (C=O) groups is 1. The van der Waals surface area contributed by atoms with Crippen LogP contribution in [0.2, 0.25) is 0 Å². The SMILES string of the molecule is CCCCCCn1cc(CCCCC(=O)O)nn1. The third kappa shape index (κ3) is 6.37. The van der Waals surface area contributed by atoms with E-state index >= 15 is 0 Å². The van der Waals surface area contributed by atoms with Crippen molar-refractivity contribution in [3.63, 3.8) is 0 Å². The molecule has 1 aromatic rings. The molecule has 0 aliphatic carbocycles. The van der Waals surface area contributed by atoms with Gasteiger partial charge in [0.15, 0.2) is 0 Å². The Morgan fingerprint density at radius 3 is 2.83 bits per heavy atom. The summed E-state index contributed by atoms with van der Waals surface area (Å²) < 4.78 is 1.89. The quantitative estimate of drug-likeness (QED) is 0.651. The van der Waals surface area contributed by atoms with Gasteiger partial charge in [-0.25, -0.2) is 0 Å². The normalized spacial score (nSPS) is 10.7. The fraction of sp³-hybridized carbons (Fsp3) is 0.769. The van der Waals surface area contributed by atoms with E-state index in [0.717, 1.165) is 31.5 Å². The molecule has 0 saturated carbocycles. The first kappa shape index (κ1) is 14.7. The van der Waals surface area contributed by atoms with Gasteiger partial charge in [0.1, 0.15) is 0 Å². The lowest BCUT2D eigenvalue weighted by molar-refractivity contribution is -0.137. The van der Waals surface area contributed by atoms with Crippen molar-refractivity contribution in [3.8, 4) is 0 Å². The predicted molar refractivity (Wildman–Crippen MR) is 69.4 cm³/mol. The summed E-state index contributed by atoms with van der Waals surface area (Å²) in [5.74, 6) is -0.727. The van der Waals surface area contributed by atoms with E-state index < -0.39 is 5.97 Å². The number of aliphatic carboxylic acids is 1. The number of carboxylic acids is 1. The molecule has 0 spiro atoms. The Hall–Kier alpha value is -1.39. The van der Waals surface area contributed by atoms with Gasteiger partial charge in [-0.2, -0.15) is 0 Å². The van der Waals surface area contributed by atoms with Crippen LogP contribution < -0.4 is 0 Å². The molecule has 0 aromatic carbocycles. The Balaban J connectivity index is 2.15. The van der Waals surface area contributed by atoms with E-state index in [2.05, 4.69) is 17.2 Å². The minimum atomic E-state index is -0.727. The fourth-order valence-corrected chi connectivity index (χ4v) is 1.85. The third-order valence-corrected chi connectivity index (χ3v) is 2.90. The topological polar surface area (TPSA) is 68.0 Å². The highest BCUT2D eigenvalue weighted by molar-refractivity contribution is 5.66. The van der Waals surface area contributed by atoms with Gasteiger partial charge >= 0.3 is 5.97 Å². The highest BCUT2D eigenvalue weighted by atomic mass is 16.4. The van der Waals surface area contributed by atoms with Crippen LogP contribution in [0.1, 0.15) is 57.6 Å². The van der Waals surface area contributed by atoms with Gasteiger partial charge in [-0.1, -0.05) is 31.4 Å². The van der Waals surface area contributed by atoms with Crippen LogP contribution >= 0.6 is 0 Å². The van der Waals surface area contributed by atoms with Gasteiger partial charge in [-0.05, 0) is 25.7 Å². The zero-order chi connectivity index (χ0) is 13.2. The summed E-state index contributed by atoms with van der Waals surface area (Å²) in [5.41, 5.74) is 0.968. The summed E-state index contributed by atoms with van der Waals surface area (Å²) in [6.07, 6.45) is 9.52. The summed E-state index contributed by atoms with van der Waals surface area (Å²) in [4.78, 5) is 10.4. The number of hydrogen-bond donors (Lipinski definition) is 1. The molecular formula is C13H23N3O2. The van der Waals surface area contributed by atoms with Crippen LogP contribution in [0.5, 0.6) is 0 Å². The van der Waals surface area contributed by atoms with Gasteiger partial charge in [-0.15, -0.1) is 5.10 Å². The van der Waals surface area contributed by atoms with Crippen molar-refractivity contribution in [2.45, 2.75) is 64.8 Å². The number of aromatic nitrogens is 3. The third-order valence-electron chi connectivity index (χ3n) is 2.90. The molecule has 1 rings (SSSR count). The first-order valence-electron chi connectivity index (χ1n) is 6.83. The molecule has 0 atom stereocenters. The van der Waals surface area contributed by atoms with Gasteiger partial charge in [0.05, 0.1) is 5.69 Å². The highest BCUT2D eigenvalue weighted by Gasteiger charge is 2.02. The summed E-state index contributed by atoms with van der Waals surface area (Å²) in [7, 11) is 0. The van der Waals surface area contributed by atoms with Crippen LogP contribution in [0.4, 0.5) is 0 Å². The molecule has 0 saturated heterocycles. The van der Waals surface area contributed by atoms with E-state index in [1.165, 1.54) is 19.3 Å². The van der Waals surface area contributed by atoms with Crippen LogP contribution in [0.25, 0.3) is 0 Å². The summed E-state index contributed by atoms with van der Waals surface area (Å²) in [5, 5.41) is 16.7. The van der Waals surface area contributed by atoms with Crippen molar-refractivity contribution < 1.29 is 9.90 Å². The lowest BCUT2D eigenvalue weighted by Gasteiger charge is -1.99. The van der Waals surface area contributed by atoms with Crippen molar-refractivity contribution in [3.05, 3.63) is 11.9 Å². The van der Waals surface area contributed by atoms with Gasteiger partial charge in [0.25, 0.3) is 0 Å². The average Bonchev–Trinajstić information content (AvgIpc) is 2.78. The Morgan fingerprint density at radius 1 is 1.28 bits per heavy atom. The molecule has 1 aromatic heterocycles.